The van der Waals surface area contributed by atoms with Gasteiger partial charge in [0.05, 0.1) is 11.8 Å². The molecule has 0 bridgehead atoms. The Morgan fingerprint density at radius 3 is 2.57 bits per heavy atom. The topological polar surface area (TPSA) is 75.6 Å². The van der Waals surface area contributed by atoms with Gasteiger partial charge in [0, 0.05) is 19.8 Å². The van der Waals surface area contributed by atoms with Crippen molar-refractivity contribution in [2.24, 2.45) is 0 Å². The SMILES string of the molecule is Cc1ccccc1C1(C(=O)NCCC(=O)O)CCOCC1. The Morgan fingerprint density at radius 2 is 1.95 bits per heavy atom. The number of aliphatic carboxylic acids is 1. The lowest BCUT2D eigenvalue weighted by Gasteiger charge is -2.37. The average molecular weight is 291 g/mol. The minimum absolute atomic E-state index is 0.0634. The van der Waals surface area contributed by atoms with Gasteiger partial charge in [0.1, 0.15) is 0 Å². The molecule has 1 aromatic rings. The van der Waals surface area contributed by atoms with Crippen molar-refractivity contribution >= 4 is 11.9 Å². The fraction of sp³-hybridized carbons (Fsp3) is 0.500. The molecule has 0 aromatic heterocycles. The van der Waals surface area contributed by atoms with Crippen LogP contribution in [0.15, 0.2) is 24.3 Å². The fourth-order valence-electron chi connectivity index (χ4n) is 2.90. The monoisotopic (exact) mass is 291 g/mol. The highest BCUT2D eigenvalue weighted by Gasteiger charge is 2.42. The van der Waals surface area contributed by atoms with E-state index in [1.807, 2.05) is 31.2 Å². The summed E-state index contributed by atoms with van der Waals surface area (Å²) in [5, 5.41) is 11.5. The Labute approximate surface area is 124 Å². The lowest BCUT2D eigenvalue weighted by molar-refractivity contribution is -0.137. The summed E-state index contributed by atoms with van der Waals surface area (Å²) in [5.74, 6) is -1.01. The van der Waals surface area contributed by atoms with Crippen LogP contribution in [-0.4, -0.2) is 36.7 Å². The third-order valence-electron chi connectivity index (χ3n) is 4.07. The predicted molar refractivity (Wildman–Crippen MR) is 78.2 cm³/mol. The molecule has 1 aliphatic rings. The van der Waals surface area contributed by atoms with Crippen LogP contribution in [-0.2, 0) is 19.7 Å². The van der Waals surface area contributed by atoms with Gasteiger partial charge in [-0.05, 0) is 30.9 Å². The standard InChI is InChI=1S/C16H21NO4/c1-12-4-2-3-5-13(12)16(7-10-21-11-8-16)15(20)17-9-6-14(18)19/h2-5H,6-11H2,1H3,(H,17,20)(H,18,19). The fourth-order valence-corrected chi connectivity index (χ4v) is 2.90. The Balaban J connectivity index is 2.23. The zero-order chi connectivity index (χ0) is 15.3. The molecule has 0 atom stereocenters. The van der Waals surface area contributed by atoms with Crippen molar-refractivity contribution in [3.8, 4) is 0 Å². The number of carboxylic acid groups (broad SMARTS) is 1. The van der Waals surface area contributed by atoms with Crippen LogP contribution in [0.1, 0.15) is 30.4 Å². The first-order valence-electron chi connectivity index (χ1n) is 7.20. The summed E-state index contributed by atoms with van der Waals surface area (Å²) in [5.41, 5.74) is 1.48. The maximum Gasteiger partial charge on any atom is 0.305 e. The van der Waals surface area contributed by atoms with Crippen molar-refractivity contribution < 1.29 is 19.4 Å². The minimum Gasteiger partial charge on any atom is -0.481 e. The molecule has 2 N–H and O–H groups in total. The van der Waals surface area contributed by atoms with Gasteiger partial charge in [0.15, 0.2) is 0 Å². The van der Waals surface area contributed by atoms with Crippen molar-refractivity contribution in [1.82, 2.24) is 5.32 Å². The van der Waals surface area contributed by atoms with Gasteiger partial charge >= 0.3 is 5.97 Å². The molecular formula is C16H21NO4. The van der Waals surface area contributed by atoms with Gasteiger partial charge in [-0.25, -0.2) is 0 Å². The number of hydrogen-bond acceptors (Lipinski definition) is 3. The highest BCUT2D eigenvalue weighted by atomic mass is 16.5. The normalized spacial score (nSPS) is 17.2. The smallest absolute Gasteiger partial charge is 0.305 e. The summed E-state index contributed by atoms with van der Waals surface area (Å²) in [4.78, 5) is 23.3. The molecule has 0 aliphatic carbocycles. The molecule has 114 valence electrons. The number of rotatable bonds is 5. The van der Waals surface area contributed by atoms with Crippen LogP contribution >= 0.6 is 0 Å². The van der Waals surface area contributed by atoms with Gasteiger partial charge in [-0.1, -0.05) is 24.3 Å². The number of hydrogen-bond donors (Lipinski definition) is 2. The maximum absolute atomic E-state index is 12.7. The van der Waals surface area contributed by atoms with Crippen molar-refractivity contribution in [3.63, 3.8) is 0 Å². The second-order valence-electron chi connectivity index (χ2n) is 5.41. The second-order valence-corrected chi connectivity index (χ2v) is 5.41. The van der Waals surface area contributed by atoms with Gasteiger partial charge in [-0.15, -0.1) is 0 Å². The van der Waals surface area contributed by atoms with Crippen LogP contribution < -0.4 is 5.32 Å². The Morgan fingerprint density at radius 1 is 1.29 bits per heavy atom. The summed E-state index contributed by atoms with van der Waals surface area (Å²) in [6.07, 6.45) is 1.18. The number of benzene rings is 1. The Kier molecular flexibility index (Phi) is 4.96. The van der Waals surface area contributed by atoms with E-state index in [1.165, 1.54) is 0 Å². The van der Waals surface area contributed by atoms with Crippen LogP contribution in [0.25, 0.3) is 0 Å². The van der Waals surface area contributed by atoms with Gasteiger partial charge in [0.2, 0.25) is 5.91 Å². The van der Waals surface area contributed by atoms with E-state index in [4.69, 9.17) is 9.84 Å². The summed E-state index contributed by atoms with van der Waals surface area (Å²) in [7, 11) is 0. The molecule has 1 fully saturated rings. The van der Waals surface area contributed by atoms with Crippen LogP contribution in [0.3, 0.4) is 0 Å². The number of ether oxygens (including phenoxy) is 1. The van der Waals surface area contributed by atoms with Gasteiger partial charge < -0.3 is 15.2 Å². The molecule has 2 rings (SSSR count). The van der Waals surface area contributed by atoms with E-state index in [9.17, 15) is 9.59 Å². The lowest BCUT2D eigenvalue weighted by Crippen LogP contribution is -2.48. The van der Waals surface area contributed by atoms with Crippen LogP contribution in [0.2, 0.25) is 0 Å². The molecule has 1 heterocycles. The third kappa shape index (κ3) is 3.42. The quantitative estimate of drug-likeness (QED) is 0.864. The predicted octanol–water partition coefficient (Wildman–Crippen LogP) is 1.63. The van der Waals surface area contributed by atoms with E-state index in [0.717, 1.165) is 11.1 Å². The van der Waals surface area contributed by atoms with E-state index < -0.39 is 11.4 Å². The van der Waals surface area contributed by atoms with Crippen LogP contribution in [0.5, 0.6) is 0 Å². The van der Waals surface area contributed by atoms with E-state index in [2.05, 4.69) is 5.32 Å². The maximum atomic E-state index is 12.7. The largest absolute Gasteiger partial charge is 0.481 e. The van der Waals surface area contributed by atoms with Crippen molar-refractivity contribution in [1.29, 1.82) is 0 Å². The first kappa shape index (κ1) is 15.5. The first-order valence-corrected chi connectivity index (χ1v) is 7.20. The van der Waals surface area contributed by atoms with Gasteiger partial charge in [-0.3, -0.25) is 9.59 Å². The number of aryl methyl sites for hydroxylation is 1. The minimum atomic E-state index is -0.910. The molecule has 1 amide bonds. The molecule has 0 radical (unpaired) electrons. The molecule has 1 aromatic carbocycles. The lowest BCUT2D eigenvalue weighted by atomic mass is 9.72. The molecule has 21 heavy (non-hydrogen) atoms. The third-order valence-corrected chi connectivity index (χ3v) is 4.07. The average Bonchev–Trinajstić information content (AvgIpc) is 2.48. The van der Waals surface area contributed by atoms with Crippen molar-refractivity contribution in [3.05, 3.63) is 35.4 Å². The van der Waals surface area contributed by atoms with Crippen LogP contribution in [0, 0.1) is 6.92 Å². The highest BCUT2D eigenvalue weighted by molar-refractivity contribution is 5.89. The molecule has 1 saturated heterocycles. The summed E-state index contributed by atoms with van der Waals surface area (Å²) < 4.78 is 5.40. The number of carboxylic acids is 1. The number of carbonyl (C=O) groups excluding carboxylic acids is 1. The van der Waals surface area contributed by atoms with E-state index >= 15 is 0 Å². The zero-order valence-electron chi connectivity index (χ0n) is 12.2. The number of nitrogens with one attached hydrogen (secondary N) is 1. The van der Waals surface area contributed by atoms with E-state index in [1.54, 1.807) is 0 Å². The molecule has 0 saturated carbocycles. The zero-order valence-corrected chi connectivity index (χ0v) is 12.2. The van der Waals surface area contributed by atoms with E-state index in [0.29, 0.717) is 26.1 Å². The molecule has 0 spiro atoms. The van der Waals surface area contributed by atoms with Crippen molar-refractivity contribution in [2.75, 3.05) is 19.8 Å². The summed E-state index contributed by atoms with van der Waals surface area (Å²) in [6, 6.07) is 7.87. The second kappa shape index (κ2) is 6.72. The molecule has 5 nitrogen and oxygen atoms in total. The van der Waals surface area contributed by atoms with Crippen LogP contribution in [0.4, 0.5) is 0 Å². The summed E-state index contributed by atoms with van der Waals surface area (Å²) >= 11 is 0. The Bertz CT molecular complexity index is 521. The first-order chi connectivity index (χ1) is 10.1. The van der Waals surface area contributed by atoms with Crippen molar-refractivity contribution in [2.45, 2.75) is 31.6 Å². The number of amides is 1. The van der Waals surface area contributed by atoms with Gasteiger partial charge in [0.25, 0.3) is 0 Å². The summed E-state index contributed by atoms with van der Waals surface area (Å²) in [6.45, 7) is 3.24. The molecular weight excluding hydrogens is 270 g/mol. The number of carbonyl (C=O) groups is 2. The molecule has 5 heteroatoms. The highest BCUT2D eigenvalue weighted by Crippen LogP contribution is 2.36. The molecule has 1 aliphatic heterocycles. The van der Waals surface area contributed by atoms with Gasteiger partial charge in [-0.2, -0.15) is 0 Å². The Hall–Kier alpha value is -1.88. The van der Waals surface area contributed by atoms with E-state index in [-0.39, 0.29) is 18.9 Å². The molecule has 0 unspecified atom stereocenters.